The fourth-order valence-corrected chi connectivity index (χ4v) is 1.70. The van der Waals surface area contributed by atoms with Gasteiger partial charge in [-0.15, -0.1) is 0 Å². The maximum atomic E-state index is 11.8. The predicted octanol–water partition coefficient (Wildman–Crippen LogP) is 3.05. The van der Waals surface area contributed by atoms with E-state index in [-0.39, 0.29) is 12.2 Å². The summed E-state index contributed by atoms with van der Waals surface area (Å²) in [5.41, 5.74) is 0.502. The SMILES string of the molecule is CC(C)(C)OC(=O)NCCC#Cc1ccccc1C(=O)CC#N. The van der Waals surface area contributed by atoms with Gasteiger partial charge in [0.05, 0.1) is 12.5 Å². The van der Waals surface area contributed by atoms with Crippen LogP contribution >= 0.6 is 0 Å². The Morgan fingerprint density at radius 2 is 1.96 bits per heavy atom. The Morgan fingerprint density at radius 1 is 1.26 bits per heavy atom. The van der Waals surface area contributed by atoms with Crippen LogP contribution in [-0.2, 0) is 4.74 Å². The molecule has 0 radical (unpaired) electrons. The lowest BCUT2D eigenvalue weighted by molar-refractivity contribution is 0.0529. The van der Waals surface area contributed by atoms with Gasteiger partial charge in [0.1, 0.15) is 5.60 Å². The molecule has 1 amide bonds. The van der Waals surface area contributed by atoms with E-state index in [1.807, 2.05) is 6.07 Å². The standard InChI is InChI=1S/C18H20N2O3/c1-18(2,3)23-17(22)20-13-7-6-9-14-8-4-5-10-15(14)16(21)11-12-19/h4-5,8,10H,7,11,13H2,1-3H3,(H,20,22). The molecule has 23 heavy (non-hydrogen) atoms. The number of benzene rings is 1. The molecule has 5 nitrogen and oxygen atoms in total. The molecule has 0 heterocycles. The smallest absolute Gasteiger partial charge is 0.407 e. The maximum absolute atomic E-state index is 11.8. The summed E-state index contributed by atoms with van der Waals surface area (Å²) in [6.45, 7) is 5.74. The van der Waals surface area contributed by atoms with Gasteiger partial charge in [0, 0.05) is 24.1 Å². The minimum Gasteiger partial charge on any atom is -0.444 e. The number of carbonyl (C=O) groups excluding carboxylic acids is 2. The molecular weight excluding hydrogens is 292 g/mol. The molecule has 1 rings (SSSR count). The van der Waals surface area contributed by atoms with E-state index in [0.29, 0.717) is 24.1 Å². The first-order valence-electron chi connectivity index (χ1n) is 7.28. The highest BCUT2D eigenvalue weighted by atomic mass is 16.6. The highest BCUT2D eigenvalue weighted by molar-refractivity contribution is 5.99. The first kappa shape index (κ1) is 18.3. The van der Waals surface area contributed by atoms with Crippen molar-refractivity contribution in [3.8, 4) is 17.9 Å². The van der Waals surface area contributed by atoms with E-state index < -0.39 is 11.7 Å². The second-order valence-corrected chi connectivity index (χ2v) is 5.78. The van der Waals surface area contributed by atoms with Gasteiger partial charge in [0.2, 0.25) is 0 Å². The van der Waals surface area contributed by atoms with Crippen molar-refractivity contribution in [3.63, 3.8) is 0 Å². The average Bonchev–Trinajstić information content (AvgIpc) is 2.45. The quantitative estimate of drug-likeness (QED) is 0.526. The topological polar surface area (TPSA) is 79.2 Å². The van der Waals surface area contributed by atoms with Crippen molar-refractivity contribution in [1.82, 2.24) is 5.32 Å². The molecule has 5 heteroatoms. The largest absolute Gasteiger partial charge is 0.444 e. The first-order valence-corrected chi connectivity index (χ1v) is 7.28. The van der Waals surface area contributed by atoms with Crippen molar-refractivity contribution in [2.75, 3.05) is 6.54 Å². The third-order valence-corrected chi connectivity index (χ3v) is 2.61. The number of alkyl carbamates (subject to hydrolysis) is 1. The summed E-state index contributed by atoms with van der Waals surface area (Å²) >= 11 is 0. The van der Waals surface area contributed by atoms with Crippen molar-refractivity contribution in [1.29, 1.82) is 5.26 Å². The highest BCUT2D eigenvalue weighted by Crippen LogP contribution is 2.10. The van der Waals surface area contributed by atoms with Crippen molar-refractivity contribution in [2.45, 2.75) is 39.2 Å². The third kappa shape index (κ3) is 7.15. The van der Waals surface area contributed by atoms with Crippen LogP contribution in [0.15, 0.2) is 24.3 Å². The minimum absolute atomic E-state index is 0.168. The molecule has 1 aromatic carbocycles. The Hall–Kier alpha value is -2.79. The van der Waals surface area contributed by atoms with Crippen molar-refractivity contribution in [3.05, 3.63) is 35.4 Å². The number of hydrogen-bond acceptors (Lipinski definition) is 4. The summed E-state index contributed by atoms with van der Waals surface area (Å²) in [5, 5.41) is 11.2. The van der Waals surface area contributed by atoms with Gasteiger partial charge in [-0.25, -0.2) is 4.79 Å². The first-order chi connectivity index (χ1) is 10.8. The molecule has 0 bridgehead atoms. The number of ether oxygens (including phenoxy) is 1. The Balaban J connectivity index is 2.56. The van der Waals surface area contributed by atoms with Gasteiger partial charge in [0.25, 0.3) is 0 Å². The molecule has 1 N–H and O–H groups in total. The number of nitrogens with zero attached hydrogens (tertiary/aromatic N) is 1. The molecule has 0 atom stereocenters. The minimum atomic E-state index is -0.532. The lowest BCUT2D eigenvalue weighted by Gasteiger charge is -2.19. The monoisotopic (exact) mass is 312 g/mol. The fraction of sp³-hybridized carbons (Fsp3) is 0.389. The van der Waals surface area contributed by atoms with Gasteiger partial charge in [-0.3, -0.25) is 4.79 Å². The maximum Gasteiger partial charge on any atom is 0.407 e. The molecule has 0 aromatic heterocycles. The summed E-state index contributed by atoms with van der Waals surface area (Å²) in [5.74, 6) is 5.56. The molecule has 0 fully saturated rings. The van der Waals surface area contributed by atoms with Gasteiger partial charge in [0.15, 0.2) is 5.78 Å². The Labute approximate surface area is 136 Å². The van der Waals surface area contributed by atoms with Crippen LogP contribution in [0, 0.1) is 23.2 Å². The number of amides is 1. The zero-order valence-electron chi connectivity index (χ0n) is 13.6. The zero-order chi connectivity index (χ0) is 17.3. The molecule has 0 spiro atoms. The summed E-state index contributed by atoms with van der Waals surface area (Å²) < 4.78 is 5.11. The van der Waals surface area contributed by atoms with Crippen LogP contribution in [0.4, 0.5) is 4.79 Å². The molecule has 0 aliphatic carbocycles. The van der Waals surface area contributed by atoms with Crippen LogP contribution in [0.2, 0.25) is 0 Å². The molecule has 0 aliphatic heterocycles. The van der Waals surface area contributed by atoms with Gasteiger partial charge in [-0.2, -0.15) is 5.26 Å². The third-order valence-electron chi connectivity index (χ3n) is 2.61. The van der Waals surface area contributed by atoms with E-state index in [4.69, 9.17) is 10.00 Å². The molecule has 0 aliphatic rings. The van der Waals surface area contributed by atoms with Crippen molar-refractivity contribution in [2.24, 2.45) is 0 Å². The van der Waals surface area contributed by atoms with Gasteiger partial charge >= 0.3 is 6.09 Å². The van der Waals surface area contributed by atoms with E-state index in [2.05, 4.69) is 17.2 Å². The van der Waals surface area contributed by atoms with Gasteiger partial charge < -0.3 is 10.1 Å². The van der Waals surface area contributed by atoms with E-state index in [1.165, 1.54) is 0 Å². The Morgan fingerprint density at radius 3 is 2.61 bits per heavy atom. The molecule has 0 unspecified atom stereocenters. The Bertz CT molecular complexity index is 670. The second-order valence-electron chi connectivity index (χ2n) is 5.78. The lowest BCUT2D eigenvalue weighted by atomic mass is 10.0. The van der Waals surface area contributed by atoms with Crippen molar-refractivity contribution < 1.29 is 14.3 Å². The van der Waals surface area contributed by atoms with E-state index in [1.54, 1.807) is 45.0 Å². The van der Waals surface area contributed by atoms with Crippen LogP contribution < -0.4 is 5.32 Å². The van der Waals surface area contributed by atoms with Crippen LogP contribution in [0.25, 0.3) is 0 Å². The molecule has 120 valence electrons. The van der Waals surface area contributed by atoms with Crippen LogP contribution in [0.5, 0.6) is 0 Å². The molecule has 1 aromatic rings. The van der Waals surface area contributed by atoms with E-state index in [9.17, 15) is 9.59 Å². The van der Waals surface area contributed by atoms with Gasteiger partial charge in [-0.1, -0.05) is 30.0 Å². The summed E-state index contributed by atoms with van der Waals surface area (Å²) in [6, 6.07) is 8.75. The van der Waals surface area contributed by atoms with Gasteiger partial charge in [-0.05, 0) is 26.8 Å². The van der Waals surface area contributed by atoms with Crippen molar-refractivity contribution >= 4 is 11.9 Å². The number of carbonyl (C=O) groups is 2. The second kappa shape index (κ2) is 8.60. The zero-order valence-corrected chi connectivity index (χ0v) is 13.6. The lowest BCUT2D eigenvalue weighted by Crippen LogP contribution is -2.32. The summed E-state index contributed by atoms with van der Waals surface area (Å²) in [7, 11) is 0. The van der Waals surface area contributed by atoms with Crippen LogP contribution in [0.1, 0.15) is 49.5 Å². The highest BCUT2D eigenvalue weighted by Gasteiger charge is 2.15. The number of rotatable bonds is 4. The Kier molecular flexibility index (Phi) is 6.83. The number of Topliss-reactive ketones (excluding diaryl/α,β-unsaturated/α-hetero) is 1. The van der Waals surface area contributed by atoms with E-state index in [0.717, 1.165) is 0 Å². The number of nitriles is 1. The fourth-order valence-electron chi connectivity index (χ4n) is 1.70. The summed E-state index contributed by atoms with van der Waals surface area (Å²) in [4.78, 5) is 23.3. The molecule has 0 saturated heterocycles. The number of nitrogens with one attached hydrogen (secondary N) is 1. The predicted molar refractivity (Wildman–Crippen MR) is 86.7 cm³/mol. The number of ketones is 1. The molecular formula is C18H20N2O3. The van der Waals surface area contributed by atoms with E-state index >= 15 is 0 Å². The average molecular weight is 312 g/mol. The summed E-state index contributed by atoms with van der Waals surface area (Å²) in [6.07, 6.45) is -0.220. The van der Waals surface area contributed by atoms with Crippen LogP contribution in [-0.4, -0.2) is 24.0 Å². The van der Waals surface area contributed by atoms with Crippen LogP contribution in [0.3, 0.4) is 0 Å². The number of hydrogen-bond donors (Lipinski definition) is 1. The normalized spacial score (nSPS) is 10.0. The molecule has 0 saturated carbocycles.